The van der Waals surface area contributed by atoms with E-state index in [-0.39, 0.29) is 29.8 Å². The average molecular weight is 504 g/mol. The number of carbonyl (C=O) groups is 1. The third kappa shape index (κ3) is 5.20. The van der Waals surface area contributed by atoms with Gasteiger partial charge < -0.3 is 19.7 Å². The summed E-state index contributed by atoms with van der Waals surface area (Å²) in [5.41, 5.74) is 2.96. The topological polar surface area (TPSA) is 120 Å². The molecule has 1 aliphatic rings. The number of imidazole rings is 1. The van der Waals surface area contributed by atoms with Crippen LogP contribution in [0, 0.1) is 0 Å². The van der Waals surface area contributed by atoms with E-state index in [1.807, 2.05) is 28.4 Å². The molecule has 4 heterocycles. The number of Topliss-reactive ketones (excluding diaryl/α,β-unsaturated/α-hetero) is 1. The molecule has 0 amide bonds. The van der Waals surface area contributed by atoms with Crippen molar-refractivity contribution in [2.45, 2.75) is 70.9 Å². The Bertz CT molecular complexity index is 1450. The molecule has 5 rings (SSSR count). The second-order valence-corrected chi connectivity index (χ2v) is 10.8. The lowest BCUT2D eigenvalue weighted by Crippen LogP contribution is -2.26. The molecule has 37 heavy (non-hydrogen) atoms. The molecule has 0 aliphatic heterocycles. The van der Waals surface area contributed by atoms with Crippen LogP contribution in [0.2, 0.25) is 0 Å². The van der Waals surface area contributed by atoms with Gasteiger partial charge in [0.15, 0.2) is 11.5 Å². The average Bonchev–Trinajstić information content (AvgIpc) is 3.51. The molecule has 0 spiro atoms. The van der Waals surface area contributed by atoms with Gasteiger partial charge in [-0.2, -0.15) is 10.1 Å². The maximum Gasteiger partial charge on any atom is 0.210 e. The number of hydrogen-bond donors (Lipinski definition) is 2. The molecule has 0 aromatic carbocycles. The van der Waals surface area contributed by atoms with E-state index in [4.69, 9.17) is 9.84 Å². The van der Waals surface area contributed by atoms with Crippen LogP contribution < -0.4 is 10.1 Å². The number of carbonyl (C=O) groups excluding carboxylic acids is 1. The lowest BCUT2D eigenvalue weighted by atomic mass is 9.91. The number of anilines is 2. The van der Waals surface area contributed by atoms with E-state index in [0.717, 1.165) is 30.5 Å². The smallest absolute Gasteiger partial charge is 0.210 e. The number of aryl methyl sites for hydroxylation is 1. The number of hydrogen-bond acceptors (Lipinski definition) is 8. The maximum absolute atomic E-state index is 11.4. The van der Waals surface area contributed by atoms with Gasteiger partial charge in [-0.25, -0.2) is 4.98 Å². The molecule has 4 aromatic rings. The Kier molecular flexibility index (Phi) is 6.45. The van der Waals surface area contributed by atoms with Gasteiger partial charge in [-0.05, 0) is 32.3 Å². The van der Waals surface area contributed by atoms with E-state index in [9.17, 15) is 9.90 Å². The van der Waals surface area contributed by atoms with Crippen LogP contribution in [0.5, 0.6) is 11.5 Å². The SMILES string of the molecule is CC(=O)Cc1cc(Oc2cnc3nc(Nc4cc(C(C)(C)C)n([C@H]5CCC[C@@H]5O)n4)n(C)c3c2)ccn1. The van der Waals surface area contributed by atoms with Gasteiger partial charge in [0.1, 0.15) is 17.3 Å². The van der Waals surface area contributed by atoms with E-state index in [1.54, 1.807) is 24.5 Å². The molecule has 194 valence electrons. The fourth-order valence-corrected chi connectivity index (χ4v) is 4.81. The predicted octanol–water partition coefficient (Wildman–Crippen LogP) is 4.61. The molecule has 1 saturated carbocycles. The summed E-state index contributed by atoms with van der Waals surface area (Å²) >= 11 is 0. The number of ether oxygens (including phenoxy) is 1. The normalized spacial score (nSPS) is 17.9. The second-order valence-electron chi connectivity index (χ2n) is 10.8. The molecule has 0 unspecified atom stereocenters. The Hall–Kier alpha value is -3.79. The van der Waals surface area contributed by atoms with E-state index in [0.29, 0.717) is 34.6 Å². The fraction of sp³-hybridized carbons (Fsp3) is 0.444. The monoisotopic (exact) mass is 503 g/mol. The van der Waals surface area contributed by atoms with Crippen molar-refractivity contribution < 1.29 is 14.6 Å². The number of nitrogens with one attached hydrogen (secondary N) is 1. The molecular formula is C27H33N7O3. The molecule has 10 nitrogen and oxygen atoms in total. The minimum atomic E-state index is -0.383. The second kappa shape index (κ2) is 9.59. The van der Waals surface area contributed by atoms with Gasteiger partial charge in [-0.15, -0.1) is 0 Å². The Balaban J connectivity index is 1.41. The number of rotatable bonds is 7. The molecule has 0 saturated heterocycles. The highest BCUT2D eigenvalue weighted by Gasteiger charge is 2.32. The first-order valence-electron chi connectivity index (χ1n) is 12.6. The van der Waals surface area contributed by atoms with Gasteiger partial charge in [-0.1, -0.05) is 20.8 Å². The fourth-order valence-electron chi connectivity index (χ4n) is 4.81. The molecular weight excluding hydrogens is 470 g/mol. The Morgan fingerprint density at radius 1 is 1.19 bits per heavy atom. The first kappa shape index (κ1) is 24.9. The van der Waals surface area contributed by atoms with Crippen LogP contribution in [-0.4, -0.2) is 46.3 Å². The minimum absolute atomic E-state index is 0.0178. The minimum Gasteiger partial charge on any atom is -0.456 e. The lowest BCUT2D eigenvalue weighted by Gasteiger charge is -2.25. The Morgan fingerprint density at radius 3 is 2.70 bits per heavy atom. The number of ketones is 1. The van der Waals surface area contributed by atoms with Crippen LogP contribution in [-0.2, 0) is 23.7 Å². The molecule has 1 aliphatic carbocycles. The van der Waals surface area contributed by atoms with Crippen molar-refractivity contribution in [1.82, 2.24) is 29.3 Å². The lowest BCUT2D eigenvalue weighted by molar-refractivity contribution is -0.116. The summed E-state index contributed by atoms with van der Waals surface area (Å²) in [5, 5.41) is 18.7. The summed E-state index contributed by atoms with van der Waals surface area (Å²) in [6, 6.07) is 7.39. The Labute approximate surface area is 215 Å². The summed E-state index contributed by atoms with van der Waals surface area (Å²) in [5.74, 6) is 2.46. The van der Waals surface area contributed by atoms with E-state index < -0.39 is 0 Å². The first-order valence-corrected chi connectivity index (χ1v) is 12.6. The van der Waals surface area contributed by atoms with Crippen molar-refractivity contribution >= 4 is 28.7 Å². The van der Waals surface area contributed by atoms with Crippen LogP contribution in [0.4, 0.5) is 11.8 Å². The predicted molar refractivity (Wildman–Crippen MR) is 140 cm³/mol. The van der Waals surface area contributed by atoms with Crippen LogP contribution in [0.25, 0.3) is 11.2 Å². The Morgan fingerprint density at radius 2 is 2.00 bits per heavy atom. The molecule has 4 aromatic heterocycles. The van der Waals surface area contributed by atoms with Gasteiger partial charge in [0.05, 0.1) is 29.6 Å². The van der Waals surface area contributed by atoms with Crippen molar-refractivity contribution in [2.75, 3.05) is 5.32 Å². The van der Waals surface area contributed by atoms with Crippen molar-refractivity contribution in [1.29, 1.82) is 0 Å². The number of nitrogens with zero attached hydrogens (tertiary/aromatic N) is 6. The zero-order chi connectivity index (χ0) is 26.3. The van der Waals surface area contributed by atoms with E-state index in [1.165, 1.54) is 6.92 Å². The number of aromatic nitrogens is 6. The maximum atomic E-state index is 11.4. The third-order valence-corrected chi connectivity index (χ3v) is 6.67. The highest BCUT2D eigenvalue weighted by molar-refractivity contribution is 5.78. The van der Waals surface area contributed by atoms with Gasteiger partial charge in [0.2, 0.25) is 5.95 Å². The molecule has 2 atom stereocenters. The molecule has 1 fully saturated rings. The van der Waals surface area contributed by atoms with Gasteiger partial charge in [0.25, 0.3) is 0 Å². The summed E-state index contributed by atoms with van der Waals surface area (Å²) in [6.07, 6.45) is 5.84. The van der Waals surface area contributed by atoms with Crippen molar-refractivity contribution in [3.8, 4) is 11.5 Å². The number of aliphatic hydroxyl groups excluding tert-OH is 1. The zero-order valence-electron chi connectivity index (χ0n) is 21.9. The first-order chi connectivity index (χ1) is 17.6. The van der Waals surface area contributed by atoms with Gasteiger partial charge >= 0.3 is 0 Å². The molecule has 2 N–H and O–H groups in total. The summed E-state index contributed by atoms with van der Waals surface area (Å²) in [4.78, 5) is 24.8. The van der Waals surface area contributed by atoms with Crippen molar-refractivity contribution in [3.63, 3.8) is 0 Å². The summed E-state index contributed by atoms with van der Waals surface area (Å²) in [7, 11) is 1.91. The van der Waals surface area contributed by atoms with Crippen molar-refractivity contribution in [2.24, 2.45) is 7.05 Å². The number of fused-ring (bicyclic) bond motifs is 1. The largest absolute Gasteiger partial charge is 0.456 e. The van der Waals surface area contributed by atoms with Crippen LogP contribution in [0.1, 0.15) is 64.4 Å². The highest BCUT2D eigenvalue weighted by Crippen LogP contribution is 2.36. The number of pyridine rings is 2. The van der Waals surface area contributed by atoms with Crippen LogP contribution in [0.3, 0.4) is 0 Å². The molecule has 10 heteroatoms. The molecule has 0 bridgehead atoms. The van der Waals surface area contributed by atoms with Crippen LogP contribution >= 0.6 is 0 Å². The standard InChI is InChI=1S/C27H33N7O3/c1-16(35)11-17-12-18(9-10-28-17)37-19-13-21-25(29-15-19)31-26(33(21)5)30-24-14-23(27(2,3)4)34(32-24)20-7-6-8-22(20)36/h9-10,12-15,20,22,36H,6-8,11H2,1-5H3,(H,29,30,31,32)/t20-,22-/m0/s1. The van der Waals surface area contributed by atoms with E-state index >= 15 is 0 Å². The third-order valence-electron chi connectivity index (χ3n) is 6.67. The summed E-state index contributed by atoms with van der Waals surface area (Å²) < 4.78 is 9.89. The number of aliphatic hydroxyl groups is 1. The van der Waals surface area contributed by atoms with Crippen molar-refractivity contribution in [3.05, 3.63) is 48.0 Å². The van der Waals surface area contributed by atoms with Crippen LogP contribution in [0.15, 0.2) is 36.7 Å². The van der Waals surface area contributed by atoms with Gasteiger partial charge in [-0.3, -0.25) is 14.5 Å². The van der Waals surface area contributed by atoms with Gasteiger partial charge in [0, 0.05) is 49.0 Å². The summed E-state index contributed by atoms with van der Waals surface area (Å²) in [6.45, 7) is 7.99. The highest BCUT2D eigenvalue weighted by atomic mass is 16.5. The quantitative estimate of drug-likeness (QED) is 0.375. The zero-order valence-corrected chi connectivity index (χ0v) is 21.9. The molecule has 0 radical (unpaired) electrons. The van der Waals surface area contributed by atoms with E-state index in [2.05, 4.69) is 41.0 Å².